The van der Waals surface area contributed by atoms with Gasteiger partial charge in [0.1, 0.15) is 0 Å². The summed E-state index contributed by atoms with van der Waals surface area (Å²) in [5.74, 6) is 0.0977. The average molecular weight is 255 g/mol. The van der Waals surface area contributed by atoms with E-state index in [2.05, 4.69) is 45.8 Å². The van der Waals surface area contributed by atoms with Gasteiger partial charge in [-0.1, -0.05) is 26.8 Å². The first-order chi connectivity index (χ1) is 7.67. The highest BCUT2D eigenvalue weighted by Crippen LogP contribution is 2.38. The largest absolute Gasteiger partial charge is 0.411 e. The molecule has 0 unspecified atom stereocenters. The van der Waals surface area contributed by atoms with Crippen molar-refractivity contribution < 1.29 is 9.22 Å². The lowest BCUT2D eigenvalue weighted by Gasteiger charge is -2.39. The van der Waals surface area contributed by atoms with Crippen LogP contribution in [0.25, 0.3) is 0 Å². The first-order valence-corrected chi connectivity index (χ1v) is 9.16. The topological polar surface area (TPSA) is 38.3 Å². The van der Waals surface area contributed by atoms with Crippen LogP contribution < -0.4 is 5.32 Å². The molecule has 0 aromatic carbocycles. The fourth-order valence-electron chi connectivity index (χ4n) is 1.75. The molecule has 17 heavy (non-hydrogen) atoms. The van der Waals surface area contributed by atoms with Gasteiger partial charge in [0.15, 0.2) is 8.32 Å². The molecule has 2 atom stereocenters. The molecule has 4 heteroatoms. The monoisotopic (exact) mass is 255 g/mol. The van der Waals surface area contributed by atoms with Crippen LogP contribution in [0, 0.1) is 0 Å². The first kappa shape index (κ1) is 14.4. The molecule has 1 N–H and O–H groups in total. The van der Waals surface area contributed by atoms with E-state index in [1.54, 1.807) is 0 Å². The number of carbonyl (C=O) groups is 1. The summed E-state index contributed by atoms with van der Waals surface area (Å²) < 4.78 is 6.31. The molecule has 1 aliphatic rings. The standard InChI is InChI=1S/C13H25NO2Si/c1-7-8-10-11(9-12(15)14-10)16-17(5,6)13(2,3)4/h7,10-11H,1,8-9H2,2-6H3,(H,14,15)/t10-,11-/m0/s1. The number of hydrogen-bond acceptors (Lipinski definition) is 2. The Morgan fingerprint density at radius 2 is 2.12 bits per heavy atom. The molecule has 0 saturated carbocycles. The minimum atomic E-state index is -1.80. The molecule has 0 aromatic heterocycles. The van der Waals surface area contributed by atoms with Crippen molar-refractivity contribution in [2.75, 3.05) is 0 Å². The zero-order valence-corrected chi connectivity index (χ0v) is 12.7. The van der Waals surface area contributed by atoms with E-state index in [4.69, 9.17) is 4.43 Å². The molecule has 0 radical (unpaired) electrons. The molecule has 1 amide bonds. The summed E-state index contributed by atoms with van der Waals surface area (Å²) in [7, 11) is -1.80. The molecule has 1 saturated heterocycles. The summed E-state index contributed by atoms with van der Waals surface area (Å²) in [6.45, 7) is 14.8. The van der Waals surface area contributed by atoms with Crippen molar-refractivity contribution in [3.8, 4) is 0 Å². The summed E-state index contributed by atoms with van der Waals surface area (Å²) >= 11 is 0. The van der Waals surface area contributed by atoms with Gasteiger partial charge in [0.2, 0.25) is 5.91 Å². The lowest BCUT2D eigenvalue weighted by molar-refractivity contribution is -0.119. The van der Waals surface area contributed by atoms with Crippen LogP contribution >= 0.6 is 0 Å². The summed E-state index contributed by atoms with van der Waals surface area (Å²) in [6.07, 6.45) is 3.13. The summed E-state index contributed by atoms with van der Waals surface area (Å²) in [5, 5.41) is 3.14. The second-order valence-electron chi connectivity index (χ2n) is 6.32. The number of hydrogen-bond donors (Lipinski definition) is 1. The van der Waals surface area contributed by atoms with Crippen molar-refractivity contribution in [3.63, 3.8) is 0 Å². The van der Waals surface area contributed by atoms with Gasteiger partial charge < -0.3 is 9.74 Å². The Bertz CT molecular complexity index is 307. The van der Waals surface area contributed by atoms with E-state index in [0.717, 1.165) is 6.42 Å². The Labute approximate surface area is 106 Å². The molecule has 1 fully saturated rings. The van der Waals surface area contributed by atoms with Gasteiger partial charge in [-0.3, -0.25) is 4.79 Å². The SMILES string of the molecule is C=CC[C@@H]1NC(=O)C[C@@H]1O[Si](C)(C)C(C)(C)C. The van der Waals surface area contributed by atoms with E-state index < -0.39 is 8.32 Å². The van der Waals surface area contributed by atoms with E-state index in [1.165, 1.54) is 0 Å². The zero-order chi connectivity index (χ0) is 13.3. The first-order valence-electron chi connectivity index (χ1n) is 6.25. The highest BCUT2D eigenvalue weighted by atomic mass is 28.4. The van der Waals surface area contributed by atoms with Crippen LogP contribution in [0.3, 0.4) is 0 Å². The summed E-state index contributed by atoms with van der Waals surface area (Å²) in [4.78, 5) is 11.5. The van der Waals surface area contributed by atoms with Crippen LogP contribution in [0.5, 0.6) is 0 Å². The Hall–Kier alpha value is -0.613. The van der Waals surface area contributed by atoms with Gasteiger partial charge >= 0.3 is 0 Å². The highest BCUT2D eigenvalue weighted by Gasteiger charge is 2.43. The maximum absolute atomic E-state index is 11.5. The maximum atomic E-state index is 11.5. The average Bonchev–Trinajstić information content (AvgIpc) is 2.44. The maximum Gasteiger partial charge on any atom is 0.222 e. The molecule has 0 aromatic rings. The summed E-state index contributed by atoms with van der Waals surface area (Å²) in [5.41, 5.74) is 0. The summed E-state index contributed by atoms with van der Waals surface area (Å²) in [6, 6.07) is 0.106. The number of amides is 1. The van der Waals surface area contributed by atoms with Crippen LogP contribution in [0.2, 0.25) is 18.1 Å². The van der Waals surface area contributed by atoms with Crippen molar-refractivity contribution in [1.29, 1.82) is 0 Å². The normalized spacial score (nSPS) is 25.8. The second kappa shape index (κ2) is 4.94. The highest BCUT2D eigenvalue weighted by molar-refractivity contribution is 6.74. The predicted octanol–water partition coefficient (Wildman–Crippen LogP) is 2.84. The molecule has 1 rings (SSSR count). The van der Waals surface area contributed by atoms with Gasteiger partial charge in [0.05, 0.1) is 18.6 Å². The third-order valence-corrected chi connectivity index (χ3v) is 8.36. The molecule has 0 bridgehead atoms. The van der Waals surface area contributed by atoms with E-state index >= 15 is 0 Å². The van der Waals surface area contributed by atoms with Gasteiger partial charge in [-0.05, 0) is 24.6 Å². The molecule has 0 spiro atoms. The third kappa shape index (κ3) is 3.42. The van der Waals surface area contributed by atoms with Crippen molar-refractivity contribution in [1.82, 2.24) is 5.32 Å². The molecule has 1 heterocycles. The van der Waals surface area contributed by atoms with Gasteiger partial charge in [0.25, 0.3) is 0 Å². The quantitative estimate of drug-likeness (QED) is 0.619. The Morgan fingerprint density at radius 3 is 2.59 bits per heavy atom. The number of carbonyl (C=O) groups excluding carboxylic acids is 1. The van der Waals surface area contributed by atoms with Crippen LogP contribution in [-0.2, 0) is 9.22 Å². The molecule has 3 nitrogen and oxygen atoms in total. The van der Waals surface area contributed by atoms with Crippen LogP contribution in [0.4, 0.5) is 0 Å². The molecule has 1 aliphatic heterocycles. The zero-order valence-electron chi connectivity index (χ0n) is 11.7. The van der Waals surface area contributed by atoms with E-state index in [9.17, 15) is 4.79 Å². The van der Waals surface area contributed by atoms with Crippen molar-refractivity contribution in [2.45, 2.75) is 63.9 Å². The number of nitrogens with one attached hydrogen (secondary N) is 1. The Morgan fingerprint density at radius 1 is 1.53 bits per heavy atom. The van der Waals surface area contributed by atoms with Crippen molar-refractivity contribution in [3.05, 3.63) is 12.7 Å². The van der Waals surface area contributed by atoms with Gasteiger partial charge in [-0.15, -0.1) is 6.58 Å². The van der Waals surface area contributed by atoms with E-state index in [0.29, 0.717) is 6.42 Å². The van der Waals surface area contributed by atoms with Crippen LogP contribution in [0.15, 0.2) is 12.7 Å². The second-order valence-corrected chi connectivity index (χ2v) is 11.1. The van der Waals surface area contributed by atoms with Gasteiger partial charge in [0, 0.05) is 0 Å². The molecular weight excluding hydrogens is 230 g/mol. The fraction of sp³-hybridized carbons (Fsp3) is 0.769. The van der Waals surface area contributed by atoms with Crippen LogP contribution in [-0.4, -0.2) is 26.4 Å². The van der Waals surface area contributed by atoms with Gasteiger partial charge in [-0.2, -0.15) is 0 Å². The smallest absolute Gasteiger partial charge is 0.222 e. The van der Waals surface area contributed by atoms with Crippen molar-refractivity contribution in [2.24, 2.45) is 0 Å². The minimum Gasteiger partial charge on any atom is -0.411 e. The lowest BCUT2D eigenvalue weighted by atomic mass is 10.1. The van der Waals surface area contributed by atoms with Crippen LogP contribution in [0.1, 0.15) is 33.6 Å². The lowest BCUT2D eigenvalue weighted by Crippen LogP contribution is -2.46. The predicted molar refractivity (Wildman–Crippen MR) is 73.4 cm³/mol. The Balaban J connectivity index is 2.73. The van der Waals surface area contributed by atoms with Gasteiger partial charge in [-0.25, -0.2) is 0 Å². The Kier molecular flexibility index (Phi) is 4.20. The van der Waals surface area contributed by atoms with Crippen molar-refractivity contribution >= 4 is 14.2 Å². The van der Waals surface area contributed by atoms with E-state index in [-0.39, 0.29) is 23.1 Å². The molecule has 0 aliphatic carbocycles. The number of rotatable bonds is 4. The fourth-order valence-corrected chi connectivity index (χ4v) is 3.11. The molecule has 98 valence electrons. The molecular formula is C13H25NO2Si. The van der Waals surface area contributed by atoms with E-state index in [1.807, 2.05) is 6.08 Å². The minimum absolute atomic E-state index is 0.0152. The third-order valence-electron chi connectivity index (χ3n) is 3.85.